The van der Waals surface area contributed by atoms with Crippen LogP contribution < -0.4 is 5.32 Å². The van der Waals surface area contributed by atoms with Crippen LogP contribution in [0.25, 0.3) is 0 Å². The van der Waals surface area contributed by atoms with Crippen LogP contribution in [0.4, 0.5) is 0 Å². The lowest BCUT2D eigenvalue weighted by Gasteiger charge is -2.39. The standard InChI is InChI=1S/C13H25NO2/c1-11(2,3)12(4,5)8-14-9-13(6-7-13)10(15)16/h14H,6-9H2,1-5H3,(H,15,16). The Kier molecular flexibility index (Phi) is 3.39. The Morgan fingerprint density at radius 1 is 1.25 bits per heavy atom. The Morgan fingerprint density at radius 2 is 1.75 bits per heavy atom. The monoisotopic (exact) mass is 227 g/mol. The van der Waals surface area contributed by atoms with Gasteiger partial charge in [0.1, 0.15) is 0 Å². The molecule has 0 aromatic heterocycles. The molecule has 3 heteroatoms. The van der Waals surface area contributed by atoms with Crippen molar-refractivity contribution in [2.45, 2.75) is 47.5 Å². The molecular weight excluding hydrogens is 202 g/mol. The van der Waals surface area contributed by atoms with E-state index in [4.69, 9.17) is 5.11 Å². The number of hydrogen-bond donors (Lipinski definition) is 2. The van der Waals surface area contributed by atoms with Crippen LogP contribution in [-0.4, -0.2) is 24.2 Å². The van der Waals surface area contributed by atoms with E-state index in [0.29, 0.717) is 6.54 Å². The van der Waals surface area contributed by atoms with Crippen molar-refractivity contribution < 1.29 is 9.90 Å². The highest BCUT2D eigenvalue weighted by atomic mass is 16.4. The first-order valence-corrected chi connectivity index (χ1v) is 6.05. The molecule has 0 radical (unpaired) electrons. The number of hydrogen-bond acceptors (Lipinski definition) is 2. The van der Waals surface area contributed by atoms with E-state index in [1.807, 2.05) is 0 Å². The van der Waals surface area contributed by atoms with E-state index in [0.717, 1.165) is 19.4 Å². The number of rotatable bonds is 5. The average Bonchev–Trinajstić information content (AvgIpc) is 2.82. The molecule has 16 heavy (non-hydrogen) atoms. The van der Waals surface area contributed by atoms with E-state index in [1.54, 1.807) is 0 Å². The van der Waals surface area contributed by atoms with Crippen LogP contribution in [0, 0.1) is 16.2 Å². The zero-order chi connectivity index (χ0) is 12.6. The fourth-order valence-electron chi connectivity index (χ4n) is 1.50. The van der Waals surface area contributed by atoms with Gasteiger partial charge in [-0.3, -0.25) is 4.79 Å². The summed E-state index contributed by atoms with van der Waals surface area (Å²) in [5.41, 5.74) is -0.0600. The van der Waals surface area contributed by atoms with E-state index in [9.17, 15) is 4.79 Å². The minimum atomic E-state index is -0.645. The molecule has 1 aliphatic rings. The molecule has 0 unspecified atom stereocenters. The zero-order valence-electron chi connectivity index (χ0n) is 11.2. The highest BCUT2D eigenvalue weighted by molar-refractivity contribution is 5.78. The van der Waals surface area contributed by atoms with Gasteiger partial charge in [0.05, 0.1) is 5.41 Å². The SMILES string of the molecule is CC(C)(C)C(C)(C)CNCC1(C(=O)O)CC1. The van der Waals surface area contributed by atoms with Gasteiger partial charge >= 0.3 is 5.97 Å². The summed E-state index contributed by atoms with van der Waals surface area (Å²) in [5.74, 6) is -0.645. The van der Waals surface area contributed by atoms with Crippen LogP contribution >= 0.6 is 0 Å². The quantitative estimate of drug-likeness (QED) is 0.758. The van der Waals surface area contributed by atoms with Gasteiger partial charge in [0.15, 0.2) is 0 Å². The minimum absolute atomic E-state index is 0.168. The number of carbonyl (C=O) groups is 1. The molecule has 1 aliphatic carbocycles. The topological polar surface area (TPSA) is 49.3 Å². The summed E-state index contributed by atoms with van der Waals surface area (Å²) in [6, 6.07) is 0. The fraction of sp³-hybridized carbons (Fsp3) is 0.923. The first-order valence-electron chi connectivity index (χ1n) is 6.05. The highest BCUT2D eigenvalue weighted by Crippen LogP contribution is 2.45. The van der Waals surface area contributed by atoms with Crippen molar-refractivity contribution in [3.05, 3.63) is 0 Å². The van der Waals surface area contributed by atoms with Crippen molar-refractivity contribution in [2.75, 3.05) is 13.1 Å². The summed E-state index contributed by atoms with van der Waals surface area (Å²) in [5, 5.41) is 12.4. The molecule has 0 bridgehead atoms. The van der Waals surface area contributed by atoms with Crippen molar-refractivity contribution in [2.24, 2.45) is 16.2 Å². The maximum absolute atomic E-state index is 11.0. The molecular formula is C13H25NO2. The van der Waals surface area contributed by atoms with Crippen LogP contribution in [0.3, 0.4) is 0 Å². The Hall–Kier alpha value is -0.570. The van der Waals surface area contributed by atoms with Crippen molar-refractivity contribution >= 4 is 5.97 Å². The first-order chi connectivity index (χ1) is 7.11. The maximum atomic E-state index is 11.0. The molecule has 1 rings (SSSR count). The Morgan fingerprint density at radius 3 is 2.06 bits per heavy atom. The maximum Gasteiger partial charge on any atom is 0.310 e. The number of carboxylic acid groups (broad SMARTS) is 1. The van der Waals surface area contributed by atoms with E-state index in [1.165, 1.54) is 0 Å². The molecule has 0 aromatic rings. The Labute approximate surface area is 98.6 Å². The molecule has 0 saturated heterocycles. The fourth-order valence-corrected chi connectivity index (χ4v) is 1.50. The van der Waals surface area contributed by atoms with Gasteiger partial charge < -0.3 is 10.4 Å². The third-order valence-corrected chi connectivity index (χ3v) is 4.37. The van der Waals surface area contributed by atoms with Crippen LogP contribution in [0.1, 0.15) is 47.5 Å². The lowest BCUT2D eigenvalue weighted by Crippen LogP contribution is -2.42. The smallest absolute Gasteiger partial charge is 0.310 e. The van der Waals surface area contributed by atoms with Crippen LogP contribution in [-0.2, 0) is 4.79 Å². The highest BCUT2D eigenvalue weighted by Gasteiger charge is 2.50. The molecule has 1 saturated carbocycles. The molecule has 0 aromatic carbocycles. The van der Waals surface area contributed by atoms with Gasteiger partial charge in [-0.15, -0.1) is 0 Å². The van der Waals surface area contributed by atoms with Gasteiger partial charge in [-0.05, 0) is 23.7 Å². The average molecular weight is 227 g/mol. The minimum Gasteiger partial charge on any atom is -0.481 e. The largest absolute Gasteiger partial charge is 0.481 e. The second-order valence-corrected chi connectivity index (χ2v) is 6.82. The molecule has 0 spiro atoms. The third kappa shape index (κ3) is 2.76. The third-order valence-electron chi connectivity index (χ3n) is 4.37. The van der Waals surface area contributed by atoms with E-state index in [2.05, 4.69) is 39.9 Å². The molecule has 0 aliphatic heterocycles. The van der Waals surface area contributed by atoms with E-state index < -0.39 is 11.4 Å². The number of carboxylic acids is 1. The molecule has 1 fully saturated rings. The summed E-state index contributed by atoms with van der Waals surface area (Å²) in [4.78, 5) is 11.0. The molecule has 0 heterocycles. The van der Waals surface area contributed by atoms with Gasteiger partial charge in [0.2, 0.25) is 0 Å². The van der Waals surface area contributed by atoms with Gasteiger partial charge in [0.25, 0.3) is 0 Å². The second-order valence-electron chi connectivity index (χ2n) is 6.82. The lowest BCUT2D eigenvalue weighted by atomic mass is 9.69. The predicted molar refractivity (Wildman–Crippen MR) is 65.4 cm³/mol. The normalized spacial score (nSPS) is 19.6. The predicted octanol–water partition coefficient (Wildman–Crippen LogP) is 2.51. The first kappa shape index (κ1) is 13.5. The Bertz CT molecular complexity index is 272. The lowest BCUT2D eigenvalue weighted by molar-refractivity contribution is -0.143. The van der Waals surface area contributed by atoms with E-state index in [-0.39, 0.29) is 10.8 Å². The van der Waals surface area contributed by atoms with Gasteiger partial charge in [-0.1, -0.05) is 34.6 Å². The van der Waals surface area contributed by atoms with Crippen molar-refractivity contribution in [1.29, 1.82) is 0 Å². The second kappa shape index (κ2) is 4.02. The molecule has 94 valence electrons. The van der Waals surface area contributed by atoms with Crippen molar-refractivity contribution in [3.8, 4) is 0 Å². The number of aliphatic carboxylic acids is 1. The van der Waals surface area contributed by atoms with Crippen LogP contribution in [0.2, 0.25) is 0 Å². The molecule has 3 nitrogen and oxygen atoms in total. The summed E-state index contributed by atoms with van der Waals surface area (Å²) in [7, 11) is 0. The summed E-state index contributed by atoms with van der Waals surface area (Å²) >= 11 is 0. The zero-order valence-corrected chi connectivity index (χ0v) is 11.2. The summed E-state index contributed by atoms with van der Waals surface area (Å²) in [6.07, 6.45) is 1.65. The summed E-state index contributed by atoms with van der Waals surface area (Å²) < 4.78 is 0. The molecule has 0 amide bonds. The number of nitrogens with one attached hydrogen (secondary N) is 1. The molecule has 0 atom stereocenters. The van der Waals surface area contributed by atoms with Crippen molar-refractivity contribution in [1.82, 2.24) is 5.32 Å². The van der Waals surface area contributed by atoms with Crippen LogP contribution in [0.5, 0.6) is 0 Å². The van der Waals surface area contributed by atoms with Crippen molar-refractivity contribution in [3.63, 3.8) is 0 Å². The van der Waals surface area contributed by atoms with Gasteiger partial charge in [-0.25, -0.2) is 0 Å². The van der Waals surface area contributed by atoms with E-state index >= 15 is 0 Å². The Balaban J connectivity index is 2.39. The van der Waals surface area contributed by atoms with Gasteiger partial charge in [-0.2, -0.15) is 0 Å². The summed E-state index contributed by atoms with van der Waals surface area (Å²) in [6.45, 7) is 12.6. The van der Waals surface area contributed by atoms with Crippen LogP contribution in [0.15, 0.2) is 0 Å². The van der Waals surface area contributed by atoms with Gasteiger partial charge in [0, 0.05) is 13.1 Å². The molecule has 2 N–H and O–H groups in total.